The van der Waals surface area contributed by atoms with Crippen LogP contribution in [-0.2, 0) is 11.5 Å². The average molecular weight is 362 g/mol. The molecule has 0 N–H and O–H groups in total. The number of benzene rings is 1. The van der Waals surface area contributed by atoms with Crippen LogP contribution < -0.4 is 9.47 Å². The summed E-state index contributed by atoms with van der Waals surface area (Å²) in [5.74, 6) is 0.927. The number of ether oxygens (including phenoxy) is 2. The summed E-state index contributed by atoms with van der Waals surface area (Å²) in [6.45, 7) is 0. The standard InChI is InChI=1S/C14H11BrF3NO2/c1-20-12-6-9(7-15)2-4-11(12)21-13-5-3-10(8-19-13)14(16,17)18/h2-6,8H,7H2,1H3. The van der Waals surface area contributed by atoms with Crippen LogP contribution in [0.1, 0.15) is 11.1 Å². The fraction of sp³-hybridized carbons (Fsp3) is 0.214. The molecule has 0 amide bonds. The van der Waals surface area contributed by atoms with E-state index < -0.39 is 11.7 Å². The molecule has 0 saturated heterocycles. The number of hydrogen-bond donors (Lipinski definition) is 0. The van der Waals surface area contributed by atoms with Gasteiger partial charge in [-0.1, -0.05) is 22.0 Å². The third kappa shape index (κ3) is 3.87. The second kappa shape index (κ2) is 6.34. The maximum atomic E-state index is 12.4. The molecule has 3 nitrogen and oxygen atoms in total. The molecule has 21 heavy (non-hydrogen) atoms. The maximum Gasteiger partial charge on any atom is 0.417 e. The fourth-order valence-corrected chi connectivity index (χ4v) is 1.95. The Bertz CT molecular complexity index is 615. The van der Waals surface area contributed by atoms with Gasteiger partial charge in [-0.05, 0) is 23.8 Å². The number of hydrogen-bond acceptors (Lipinski definition) is 3. The molecule has 0 fully saturated rings. The third-order valence-corrected chi connectivity index (χ3v) is 3.31. The van der Waals surface area contributed by atoms with Crippen LogP contribution in [0.25, 0.3) is 0 Å². The lowest BCUT2D eigenvalue weighted by atomic mass is 10.2. The molecule has 0 atom stereocenters. The summed E-state index contributed by atoms with van der Waals surface area (Å²) >= 11 is 3.32. The van der Waals surface area contributed by atoms with Gasteiger partial charge in [-0.2, -0.15) is 13.2 Å². The van der Waals surface area contributed by atoms with Crippen LogP contribution in [0.4, 0.5) is 13.2 Å². The van der Waals surface area contributed by atoms with Crippen molar-refractivity contribution in [3.05, 3.63) is 47.7 Å². The highest BCUT2D eigenvalue weighted by Gasteiger charge is 2.30. The van der Waals surface area contributed by atoms with E-state index in [0.717, 1.165) is 17.8 Å². The minimum Gasteiger partial charge on any atom is -0.493 e. The largest absolute Gasteiger partial charge is 0.493 e. The number of halogens is 4. The number of pyridine rings is 1. The Morgan fingerprint density at radius 3 is 2.43 bits per heavy atom. The molecule has 0 bridgehead atoms. The van der Waals surface area contributed by atoms with E-state index in [1.54, 1.807) is 12.1 Å². The van der Waals surface area contributed by atoms with Crippen LogP contribution >= 0.6 is 15.9 Å². The van der Waals surface area contributed by atoms with Gasteiger partial charge in [0.1, 0.15) is 0 Å². The van der Waals surface area contributed by atoms with E-state index in [9.17, 15) is 13.2 Å². The van der Waals surface area contributed by atoms with Crippen LogP contribution in [0.5, 0.6) is 17.4 Å². The predicted octanol–water partition coefficient (Wildman–Crippen LogP) is 4.80. The smallest absolute Gasteiger partial charge is 0.417 e. The second-order valence-electron chi connectivity index (χ2n) is 4.10. The van der Waals surface area contributed by atoms with Crippen molar-refractivity contribution in [3.8, 4) is 17.4 Å². The molecule has 1 aromatic heterocycles. The van der Waals surface area contributed by atoms with E-state index in [-0.39, 0.29) is 5.88 Å². The maximum absolute atomic E-state index is 12.4. The first kappa shape index (κ1) is 15.6. The van der Waals surface area contributed by atoms with Crippen molar-refractivity contribution in [2.45, 2.75) is 11.5 Å². The molecule has 1 heterocycles. The lowest BCUT2D eigenvalue weighted by molar-refractivity contribution is -0.137. The topological polar surface area (TPSA) is 31.4 Å². The summed E-state index contributed by atoms with van der Waals surface area (Å²) in [6.07, 6.45) is -3.69. The van der Waals surface area contributed by atoms with Crippen LogP contribution in [-0.4, -0.2) is 12.1 Å². The first-order valence-electron chi connectivity index (χ1n) is 5.88. The highest BCUT2D eigenvalue weighted by Crippen LogP contribution is 2.33. The van der Waals surface area contributed by atoms with E-state index in [0.29, 0.717) is 16.8 Å². The molecule has 0 aliphatic carbocycles. The van der Waals surface area contributed by atoms with Crippen LogP contribution in [0.2, 0.25) is 0 Å². The van der Waals surface area contributed by atoms with E-state index in [4.69, 9.17) is 9.47 Å². The molecule has 0 aliphatic heterocycles. The Morgan fingerprint density at radius 1 is 1.14 bits per heavy atom. The molecule has 0 saturated carbocycles. The zero-order valence-electron chi connectivity index (χ0n) is 10.9. The molecule has 0 unspecified atom stereocenters. The van der Waals surface area contributed by atoms with E-state index >= 15 is 0 Å². The lowest BCUT2D eigenvalue weighted by Crippen LogP contribution is -2.05. The Labute approximate surface area is 127 Å². The Kier molecular flexibility index (Phi) is 4.72. The van der Waals surface area contributed by atoms with Crippen molar-refractivity contribution in [3.63, 3.8) is 0 Å². The summed E-state index contributed by atoms with van der Waals surface area (Å²) < 4.78 is 48.0. The fourth-order valence-electron chi connectivity index (χ4n) is 1.60. The number of methoxy groups -OCH3 is 1. The third-order valence-electron chi connectivity index (χ3n) is 2.66. The highest BCUT2D eigenvalue weighted by molar-refractivity contribution is 9.08. The molecule has 7 heteroatoms. The first-order valence-corrected chi connectivity index (χ1v) is 7.00. The van der Waals surface area contributed by atoms with Gasteiger partial charge in [0.15, 0.2) is 11.5 Å². The minimum atomic E-state index is -4.42. The molecule has 0 spiro atoms. The summed E-state index contributed by atoms with van der Waals surface area (Å²) in [5, 5.41) is 0.655. The summed E-state index contributed by atoms with van der Waals surface area (Å²) in [5.41, 5.74) is 0.163. The number of aromatic nitrogens is 1. The van der Waals surface area contributed by atoms with Gasteiger partial charge in [0, 0.05) is 17.6 Å². The van der Waals surface area contributed by atoms with Crippen LogP contribution in [0.15, 0.2) is 36.5 Å². The lowest BCUT2D eigenvalue weighted by Gasteiger charge is -2.11. The van der Waals surface area contributed by atoms with E-state index in [2.05, 4.69) is 20.9 Å². The molecule has 112 valence electrons. The van der Waals surface area contributed by atoms with Crippen molar-refractivity contribution in [2.24, 2.45) is 0 Å². The Hall–Kier alpha value is -1.76. The molecule has 0 radical (unpaired) electrons. The number of rotatable bonds is 4. The van der Waals surface area contributed by atoms with Crippen molar-refractivity contribution >= 4 is 15.9 Å². The average Bonchev–Trinajstić information content (AvgIpc) is 2.47. The first-order chi connectivity index (χ1) is 9.94. The quantitative estimate of drug-likeness (QED) is 0.733. The van der Waals surface area contributed by atoms with Gasteiger partial charge in [-0.15, -0.1) is 0 Å². The molecule has 0 aliphatic rings. The SMILES string of the molecule is COc1cc(CBr)ccc1Oc1ccc(C(F)(F)F)cn1. The molecule has 2 rings (SSSR count). The van der Waals surface area contributed by atoms with E-state index in [1.165, 1.54) is 13.2 Å². The molecule has 1 aromatic carbocycles. The van der Waals surface area contributed by atoms with Crippen molar-refractivity contribution in [1.29, 1.82) is 0 Å². The highest BCUT2D eigenvalue weighted by atomic mass is 79.9. The number of nitrogens with zero attached hydrogens (tertiary/aromatic N) is 1. The van der Waals surface area contributed by atoms with Crippen LogP contribution in [0.3, 0.4) is 0 Å². The zero-order chi connectivity index (χ0) is 15.5. The minimum absolute atomic E-state index is 0.0629. The van der Waals surface area contributed by atoms with Gasteiger partial charge in [0.2, 0.25) is 5.88 Å². The summed E-state index contributed by atoms with van der Waals surface area (Å²) in [7, 11) is 1.49. The van der Waals surface area contributed by atoms with Gasteiger partial charge < -0.3 is 9.47 Å². The van der Waals surface area contributed by atoms with Crippen LogP contribution in [0, 0.1) is 0 Å². The summed E-state index contributed by atoms with van der Waals surface area (Å²) in [6, 6.07) is 7.35. The van der Waals surface area contributed by atoms with Gasteiger partial charge in [-0.3, -0.25) is 0 Å². The van der Waals surface area contributed by atoms with Gasteiger partial charge in [0.25, 0.3) is 0 Å². The normalized spacial score (nSPS) is 11.3. The molecular weight excluding hydrogens is 351 g/mol. The van der Waals surface area contributed by atoms with Gasteiger partial charge in [-0.25, -0.2) is 4.98 Å². The van der Waals surface area contributed by atoms with Gasteiger partial charge in [0.05, 0.1) is 12.7 Å². The zero-order valence-corrected chi connectivity index (χ0v) is 12.5. The van der Waals surface area contributed by atoms with E-state index in [1.807, 2.05) is 6.07 Å². The van der Waals surface area contributed by atoms with Crippen molar-refractivity contribution in [1.82, 2.24) is 4.98 Å². The Morgan fingerprint density at radius 2 is 1.90 bits per heavy atom. The van der Waals surface area contributed by atoms with Crippen molar-refractivity contribution < 1.29 is 22.6 Å². The number of alkyl halides is 4. The predicted molar refractivity (Wildman–Crippen MR) is 74.9 cm³/mol. The molecule has 2 aromatic rings. The molecular formula is C14H11BrF3NO2. The second-order valence-corrected chi connectivity index (χ2v) is 4.66. The van der Waals surface area contributed by atoms with Gasteiger partial charge >= 0.3 is 6.18 Å². The van der Waals surface area contributed by atoms with Crippen molar-refractivity contribution in [2.75, 3.05) is 7.11 Å². The monoisotopic (exact) mass is 361 g/mol. The summed E-state index contributed by atoms with van der Waals surface area (Å²) in [4.78, 5) is 3.65. The Balaban J connectivity index is 2.22.